The van der Waals surface area contributed by atoms with Gasteiger partial charge in [0.15, 0.2) is 5.16 Å². The van der Waals surface area contributed by atoms with E-state index in [0.29, 0.717) is 22.4 Å². The molecule has 0 aliphatic carbocycles. The van der Waals surface area contributed by atoms with Gasteiger partial charge in [0.1, 0.15) is 0 Å². The molecule has 1 aromatic heterocycles. The molecule has 1 aliphatic rings. The third-order valence-electron chi connectivity index (χ3n) is 5.62. The minimum atomic E-state index is -3.56. The fourth-order valence-corrected chi connectivity index (χ4v) is 5.66. The van der Waals surface area contributed by atoms with Crippen LogP contribution in [0.25, 0.3) is 11.0 Å². The van der Waals surface area contributed by atoms with E-state index in [1.165, 1.54) is 35.1 Å². The van der Waals surface area contributed by atoms with Crippen LogP contribution in [0.3, 0.4) is 0 Å². The van der Waals surface area contributed by atoms with Crippen molar-refractivity contribution in [2.75, 3.05) is 26.4 Å². The molecule has 0 atom stereocenters. The Morgan fingerprint density at radius 1 is 1.00 bits per heavy atom. The number of carbonyl (C=O) groups excluding carboxylic acids is 2. The van der Waals surface area contributed by atoms with E-state index in [2.05, 4.69) is 11.5 Å². The molecular formula is C23H26N4O4S2. The van der Waals surface area contributed by atoms with Crippen LogP contribution < -0.4 is 0 Å². The normalized spacial score (nSPS) is 14.0. The lowest BCUT2D eigenvalue weighted by molar-refractivity contribution is 0.0664. The number of fused-ring (bicyclic) bond motifs is 2. The summed E-state index contributed by atoms with van der Waals surface area (Å²) in [6.45, 7) is 3.13. The number of unbranched alkanes of at least 4 members (excludes halogenated alkanes) is 1. The van der Waals surface area contributed by atoms with E-state index in [0.717, 1.165) is 30.1 Å². The number of rotatable bonds is 9. The molecule has 2 amide bonds. The monoisotopic (exact) mass is 486 g/mol. The number of hydrogen-bond acceptors (Lipinski definition) is 6. The topological polar surface area (TPSA) is 92.6 Å². The first-order chi connectivity index (χ1) is 15.8. The summed E-state index contributed by atoms with van der Waals surface area (Å²) in [4.78, 5) is 31.4. The molecule has 0 saturated heterocycles. The molecule has 8 nitrogen and oxygen atoms in total. The zero-order valence-corrected chi connectivity index (χ0v) is 20.4. The van der Waals surface area contributed by atoms with Crippen molar-refractivity contribution in [1.29, 1.82) is 0 Å². The van der Waals surface area contributed by atoms with Crippen LogP contribution in [-0.2, 0) is 16.6 Å². The van der Waals surface area contributed by atoms with Gasteiger partial charge in [0.2, 0.25) is 10.0 Å². The van der Waals surface area contributed by atoms with Gasteiger partial charge in [0.05, 0.1) is 27.1 Å². The predicted octanol–water partition coefficient (Wildman–Crippen LogP) is 3.48. The smallest absolute Gasteiger partial charge is 0.261 e. The average molecular weight is 487 g/mol. The highest BCUT2D eigenvalue weighted by Crippen LogP contribution is 2.28. The molecule has 33 heavy (non-hydrogen) atoms. The summed E-state index contributed by atoms with van der Waals surface area (Å²) in [5.74, 6) is -0.0486. The van der Waals surface area contributed by atoms with Gasteiger partial charge < -0.3 is 4.57 Å². The van der Waals surface area contributed by atoms with E-state index in [-0.39, 0.29) is 23.3 Å². The van der Waals surface area contributed by atoms with Gasteiger partial charge in [-0.2, -0.15) is 0 Å². The first kappa shape index (κ1) is 23.5. The molecule has 174 valence electrons. The maximum atomic E-state index is 12.6. The Balaban J connectivity index is 1.56. The lowest BCUT2D eigenvalue weighted by atomic mass is 10.1. The third kappa shape index (κ3) is 4.30. The number of sulfonamides is 1. The van der Waals surface area contributed by atoms with Gasteiger partial charge in [-0.15, -0.1) is 0 Å². The van der Waals surface area contributed by atoms with E-state index in [4.69, 9.17) is 4.98 Å². The summed E-state index contributed by atoms with van der Waals surface area (Å²) in [5, 5.41) is 0.745. The van der Waals surface area contributed by atoms with E-state index < -0.39 is 10.0 Å². The number of benzene rings is 2. The lowest BCUT2D eigenvalue weighted by Crippen LogP contribution is -2.31. The molecule has 0 fully saturated rings. The zero-order chi connectivity index (χ0) is 23.8. The Kier molecular flexibility index (Phi) is 6.60. The Labute approximate surface area is 197 Å². The van der Waals surface area contributed by atoms with Gasteiger partial charge in [-0.25, -0.2) is 17.7 Å². The molecule has 0 saturated carbocycles. The number of imide groups is 1. The van der Waals surface area contributed by atoms with Crippen LogP contribution >= 0.6 is 11.8 Å². The van der Waals surface area contributed by atoms with Gasteiger partial charge in [0, 0.05) is 32.9 Å². The zero-order valence-electron chi connectivity index (χ0n) is 18.8. The molecular weight excluding hydrogens is 460 g/mol. The van der Waals surface area contributed by atoms with Crippen LogP contribution in [0, 0.1) is 0 Å². The van der Waals surface area contributed by atoms with Crippen LogP contribution in [0.1, 0.15) is 40.5 Å². The van der Waals surface area contributed by atoms with E-state index in [9.17, 15) is 18.0 Å². The second kappa shape index (κ2) is 9.28. The Bertz CT molecular complexity index is 1300. The summed E-state index contributed by atoms with van der Waals surface area (Å²) >= 11 is 1.46. The molecule has 0 bridgehead atoms. The van der Waals surface area contributed by atoms with Crippen LogP contribution in [0.2, 0.25) is 0 Å². The third-order valence-corrected chi connectivity index (χ3v) is 8.39. The van der Waals surface area contributed by atoms with Gasteiger partial charge in [-0.1, -0.05) is 37.2 Å². The van der Waals surface area contributed by atoms with Gasteiger partial charge in [-0.05, 0) is 36.8 Å². The first-order valence-corrected chi connectivity index (χ1v) is 13.2. The van der Waals surface area contributed by atoms with Crippen LogP contribution in [0.4, 0.5) is 0 Å². The fourth-order valence-electron chi connectivity index (χ4n) is 3.77. The van der Waals surface area contributed by atoms with Gasteiger partial charge in [-0.3, -0.25) is 14.5 Å². The molecule has 4 rings (SSSR count). The van der Waals surface area contributed by atoms with E-state index >= 15 is 0 Å². The highest BCUT2D eigenvalue weighted by atomic mass is 32.2. The summed E-state index contributed by atoms with van der Waals surface area (Å²) in [6.07, 6.45) is 1.96. The number of thioether (sulfide) groups is 1. The second-order valence-corrected chi connectivity index (χ2v) is 11.2. The lowest BCUT2D eigenvalue weighted by Gasteiger charge is -2.14. The summed E-state index contributed by atoms with van der Waals surface area (Å²) in [6, 6.07) is 11.9. The summed E-state index contributed by atoms with van der Waals surface area (Å²) < 4.78 is 28.3. The van der Waals surface area contributed by atoms with Crippen LogP contribution in [-0.4, -0.2) is 65.4 Å². The molecule has 0 spiro atoms. The number of hydrogen-bond donors (Lipinski definition) is 0. The Morgan fingerprint density at radius 2 is 1.67 bits per heavy atom. The van der Waals surface area contributed by atoms with Crippen molar-refractivity contribution in [1.82, 2.24) is 18.8 Å². The quantitative estimate of drug-likeness (QED) is 0.340. The molecule has 10 heteroatoms. The summed E-state index contributed by atoms with van der Waals surface area (Å²) in [7, 11) is -0.560. The number of aryl methyl sites for hydroxylation is 1. The average Bonchev–Trinajstić information content (AvgIpc) is 3.27. The van der Waals surface area contributed by atoms with E-state index in [1.54, 1.807) is 42.5 Å². The molecule has 0 unspecified atom stereocenters. The van der Waals surface area contributed by atoms with Crippen molar-refractivity contribution in [3.05, 3.63) is 53.6 Å². The minimum Gasteiger partial charge on any atom is -0.319 e. The highest BCUT2D eigenvalue weighted by Gasteiger charge is 2.34. The highest BCUT2D eigenvalue weighted by molar-refractivity contribution is 7.99. The van der Waals surface area contributed by atoms with Crippen LogP contribution in [0.5, 0.6) is 0 Å². The maximum Gasteiger partial charge on any atom is 0.261 e. The van der Waals surface area contributed by atoms with Crippen molar-refractivity contribution in [3.8, 4) is 0 Å². The maximum absolute atomic E-state index is 12.6. The molecule has 2 aromatic carbocycles. The predicted molar refractivity (Wildman–Crippen MR) is 128 cm³/mol. The first-order valence-electron chi connectivity index (χ1n) is 10.8. The molecule has 0 radical (unpaired) electrons. The number of imidazole rings is 1. The Hall–Kier alpha value is -2.69. The van der Waals surface area contributed by atoms with Crippen molar-refractivity contribution >= 4 is 44.6 Å². The van der Waals surface area contributed by atoms with Gasteiger partial charge in [0.25, 0.3) is 11.8 Å². The van der Waals surface area contributed by atoms with E-state index in [1.807, 2.05) is 0 Å². The number of nitrogens with zero attached hydrogens (tertiary/aromatic N) is 4. The number of aromatic nitrogens is 2. The SMILES string of the molecule is CCCCn1c(SCCN2C(=O)c3ccccc3C2=O)nc2cc(S(=O)(=O)N(C)C)ccc21. The Morgan fingerprint density at radius 3 is 2.27 bits per heavy atom. The standard InChI is InChI=1S/C23H26N4O4S2/c1-4-5-12-26-20-11-10-16(33(30,31)25(2)3)15-19(20)24-23(26)32-14-13-27-21(28)17-8-6-7-9-18(17)22(27)29/h6-11,15H,4-5,12-14H2,1-3H3. The van der Waals surface area contributed by atoms with Crippen molar-refractivity contribution in [2.45, 2.75) is 36.4 Å². The molecule has 0 N–H and O–H groups in total. The number of carbonyl (C=O) groups is 2. The summed E-state index contributed by atoms with van der Waals surface area (Å²) in [5.41, 5.74) is 2.36. The molecule has 3 aromatic rings. The van der Waals surface area contributed by atoms with Crippen LogP contribution in [0.15, 0.2) is 52.5 Å². The number of amides is 2. The van der Waals surface area contributed by atoms with Crippen molar-refractivity contribution in [2.24, 2.45) is 0 Å². The minimum absolute atomic E-state index is 0.197. The second-order valence-electron chi connectivity index (χ2n) is 7.99. The largest absolute Gasteiger partial charge is 0.319 e. The molecule has 1 aliphatic heterocycles. The van der Waals surface area contributed by atoms with Crippen molar-refractivity contribution < 1.29 is 18.0 Å². The molecule has 2 heterocycles. The van der Waals surface area contributed by atoms with Gasteiger partial charge >= 0.3 is 0 Å². The van der Waals surface area contributed by atoms with Crippen molar-refractivity contribution in [3.63, 3.8) is 0 Å². The fraction of sp³-hybridized carbons (Fsp3) is 0.348.